The van der Waals surface area contributed by atoms with E-state index in [1.807, 2.05) is 31.3 Å². The maximum Gasteiger partial charge on any atom is 0.321 e. The predicted octanol–water partition coefficient (Wildman–Crippen LogP) is 2.62. The first-order valence-corrected chi connectivity index (χ1v) is 9.55. The lowest BCUT2D eigenvalue weighted by Gasteiger charge is -2.41. The van der Waals surface area contributed by atoms with Gasteiger partial charge in [-0.25, -0.2) is 4.79 Å². The minimum Gasteiger partial charge on any atom is -0.497 e. The topological polar surface area (TPSA) is 71.1 Å². The van der Waals surface area contributed by atoms with Gasteiger partial charge in [-0.2, -0.15) is 0 Å². The zero-order valence-electron chi connectivity index (χ0n) is 16.4. The molecular formula is C20H31N3O4. The molecule has 1 atom stereocenters. The highest BCUT2D eigenvalue weighted by molar-refractivity contribution is 5.89. The number of rotatable bonds is 12. The quantitative estimate of drug-likeness (QED) is 0.448. The van der Waals surface area contributed by atoms with E-state index < -0.39 is 0 Å². The number of anilines is 1. The summed E-state index contributed by atoms with van der Waals surface area (Å²) in [5, 5.41) is 2.89. The Kier molecular flexibility index (Phi) is 9.07. The summed E-state index contributed by atoms with van der Waals surface area (Å²) in [7, 11) is 3.43. The van der Waals surface area contributed by atoms with E-state index >= 15 is 0 Å². The summed E-state index contributed by atoms with van der Waals surface area (Å²) in [6.45, 7) is 4.07. The molecule has 1 saturated heterocycles. The van der Waals surface area contributed by atoms with Crippen molar-refractivity contribution in [3.05, 3.63) is 24.3 Å². The molecule has 0 aliphatic carbocycles. The van der Waals surface area contributed by atoms with Gasteiger partial charge in [-0.05, 0) is 50.1 Å². The van der Waals surface area contributed by atoms with Crippen LogP contribution < -0.4 is 10.1 Å². The number of carbonyl (C=O) groups excluding carboxylic acids is 2. The number of likely N-dealkylation sites (tertiary alicyclic amines) is 1. The second kappa shape index (κ2) is 11.6. The Balaban J connectivity index is 1.57. The number of unbranched alkanes of at least 4 members (excludes halogenated alkanes) is 1. The fourth-order valence-electron chi connectivity index (χ4n) is 2.99. The summed E-state index contributed by atoms with van der Waals surface area (Å²) in [6.07, 6.45) is 4.52. The Morgan fingerprint density at radius 3 is 2.74 bits per heavy atom. The molecule has 7 heteroatoms. The third-order valence-corrected chi connectivity index (χ3v) is 4.83. The van der Waals surface area contributed by atoms with Crippen LogP contribution in [0.4, 0.5) is 10.5 Å². The van der Waals surface area contributed by atoms with Crippen LogP contribution in [0.1, 0.15) is 25.7 Å². The molecule has 7 nitrogen and oxygen atoms in total. The van der Waals surface area contributed by atoms with E-state index in [2.05, 4.69) is 10.2 Å². The van der Waals surface area contributed by atoms with E-state index in [1.54, 1.807) is 12.0 Å². The molecule has 1 aliphatic rings. The monoisotopic (exact) mass is 377 g/mol. The lowest BCUT2D eigenvalue weighted by Crippen LogP contribution is -2.50. The number of methoxy groups -OCH3 is 1. The van der Waals surface area contributed by atoms with E-state index in [0.717, 1.165) is 56.6 Å². The van der Waals surface area contributed by atoms with Crippen LogP contribution >= 0.6 is 0 Å². The van der Waals surface area contributed by atoms with Crippen molar-refractivity contribution in [3.8, 4) is 5.75 Å². The van der Waals surface area contributed by atoms with Crippen LogP contribution in [0.15, 0.2) is 24.3 Å². The summed E-state index contributed by atoms with van der Waals surface area (Å²) in [4.78, 5) is 26.6. The summed E-state index contributed by atoms with van der Waals surface area (Å²) in [6, 6.07) is 7.67. The standard InChI is InChI=1S/C20H31N3O4/c1-22(20(25)21-17-6-8-19(26-2)9-7-17)11-3-4-12-23-13-10-18(23)16-27-15-5-14-24/h6-9,14,18H,3-5,10-13,15-16H2,1-2H3,(H,21,25). The van der Waals surface area contributed by atoms with Crippen LogP contribution in [0, 0.1) is 0 Å². The molecule has 1 unspecified atom stereocenters. The van der Waals surface area contributed by atoms with E-state index in [9.17, 15) is 9.59 Å². The van der Waals surface area contributed by atoms with Gasteiger partial charge in [0.25, 0.3) is 0 Å². The second-order valence-corrected chi connectivity index (χ2v) is 6.80. The molecule has 1 heterocycles. The molecule has 150 valence electrons. The number of hydrogen-bond acceptors (Lipinski definition) is 5. The molecule has 1 aromatic carbocycles. The lowest BCUT2D eigenvalue weighted by atomic mass is 10.0. The minimum absolute atomic E-state index is 0.106. The fraction of sp³-hybridized carbons (Fsp3) is 0.600. The van der Waals surface area contributed by atoms with Crippen LogP contribution in [-0.4, -0.2) is 75.2 Å². The highest BCUT2D eigenvalue weighted by Crippen LogP contribution is 2.18. The second-order valence-electron chi connectivity index (χ2n) is 6.80. The van der Waals surface area contributed by atoms with Gasteiger partial charge in [-0.3, -0.25) is 4.90 Å². The van der Waals surface area contributed by atoms with E-state index in [1.165, 1.54) is 0 Å². The molecule has 1 aliphatic heterocycles. The number of benzene rings is 1. The Hall–Kier alpha value is -2.12. The molecule has 0 bridgehead atoms. The largest absolute Gasteiger partial charge is 0.497 e. The molecule has 27 heavy (non-hydrogen) atoms. The smallest absolute Gasteiger partial charge is 0.321 e. The third kappa shape index (κ3) is 7.19. The first-order valence-electron chi connectivity index (χ1n) is 9.55. The SMILES string of the molecule is COc1ccc(NC(=O)N(C)CCCCN2CCC2COCCC=O)cc1. The number of aldehydes is 1. The van der Waals surface area contributed by atoms with Gasteiger partial charge in [-0.1, -0.05) is 0 Å². The van der Waals surface area contributed by atoms with Crippen molar-refractivity contribution >= 4 is 18.0 Å². The molecule has 0 saturated carbocycles. The fourth-order valence-corrected chi connectivity index (χ4v) is 2.99. The van der Waals surface area contributed by atoms with Crippen molar-refractivity contribution in [2.45, 2.75) is 31.7 Å². The van der Waals surface area contributed by atoms with Crippen LogP contribution in [0.2, 0.25) is 0 Å². The number of ether oxygens (including phenoxy) is 2. The number of nitrogens with zero attached hydrogens (tertiary/aromatic N) is 2. The van der Waals surface area contributed by atoms with Gasteiger partial charge in [-0.15, -0.1) is 0 Å². The van der Waals surface area contributed by atoms with Gasteiger partial charge >= 0.3 is 6.03 Å². The molecule has 1 N–H and O–H groups in total. The molecule has 1 aromatic rings. The normalized spacial score (nSPS) is 16.4. The molecule has 0 aromatic heterocycles. The molecule has 0 radical (unpaired) electrons. The van der Waals surface area contributed by atoms with Gasteiger partial charge in [0.1, 0.15) is 12.0 Å². The zero-order valence-corrected chi connectivity index (χ0v) is 16.4. The van der Waals surface area contributed by atoms with Crippen molar-refractivity contribution in [2.24, 2.45) is 0 Å². The molecule has 0 spiro atoms. The summed E-state index contributed by atoms with van der Waals surface area (Å²) >= 11 is 0. The van der Waals surface area contributed by atoms with Crippen LogP contribution in [0.5, 0.6) is 5.75 Å². The Bertz CT molecular complexity index is 579. The summed E-state index contributed by atoms with van der Waals surface area (Å²) in [5.74, 6) is 0.764. The Morgan fingerprint density at radius 2 is 2.11 bits per heavy atom. The van der Waals surface area contributed by atoms with Crippen LogP contribution in [-0.2, 0) is 9.53 Å². The van der Waals surface area contributed by atoms with Crippen molar-refractivity contribution < 1.29 is 19.1 Å². The van der Waals surface area contributed by atoms with Crippen molar-refractivity contribution in [1.82, 2.24) is 9.80 Å². The van der Waals surface area contributed by atoms with Gasteiger partial charge in [0.05, 0.1) is 20.3 Å². The molecular weight excluding hydrogens is 346 g/mol. The molecule has 1 fully saturated rings. The van der Waals surface area contributed by atoms with Crippen molar-refractivity contribution in [3.63, 3.8) is 0 Å². The molecule has 2 amide bonds. The van der Waals surface area contributed by atoms with Crippen LogP contribution in [0.25, 0.3) is 0 Å². The number of carbonyl (C=O) groups is 2. The van der Waals surface area contributed by atoms with Gasteiger partial charge in [0, 0.05) is 38.3 Å². The highest BCUT2D eigenvalue weighted by Gasteiger charge is 2.27. The third-order valence-electron chi connectivity index (χ3n) is 4.83. The minimum atomic E-state index is -0.106. The average Bonchev–Trinajstić information content (AvgIpc) is 2.67. The van der Waals surface area contributed by atoms with Gasteiger partial charge in [0.15, 0.2) is 0 Å². The first-order chi connectivity index (χ1) is 13.1. The first kappa shape index (κ1) is 21.2. The molecule has 2 rings (SSSR count). The number of urea groups is 1. The van der Waals surface area contributed by atoms with Crippen molar-refractivity contribution in [2.75, 3.05) is 52.3 Å². The van der Waals surface area contributed by atoms with Gasteiger partial charge in [0.2, 0.25) is 0 Å². The summed E-state index contributed by atoms with van der Waals surface area (Å²) in [5.41, 5.74) is 0.755. The highest BCUT2D eigenvalue weighted by atomic mass is 16.5. The lowest BCUT2D eigenvalue weighted by molar-refractivity contribution is -0.109. The number of amides is 2. The Morgan fingerprint density at radius 1 is 1.33 bits per heavy atom. The van der Waals surface area contributed by atoms with E-state index in [0.29, 0.717) is 25.7 Å². The maximum absolute atomic E-state index is 12.2. The predicted molar refractivity (Wildman–Crippen MR) is 105 cm³/mol. The van der Waals surface area contributed by atoms with Gasteiger partial charge < -0.3 is 24.5 Å². The zero-order chi connectivity index (χ0) is 19.5. The average molecular weight is 377 g/mol. The van der Waals surface area contributed by atoms with Crippen molar-refractivity contribution in [1.29, 1.82) is 0 Å². The van der Waals surface area contributed by atoms with Crippen LogP contribution in [0.3, 0.4) is 0 Å². The van der Waals surface area contributed by atoms with E-state index in [-0.39, 0.29) is 6.03 Å². The number of nitrogens with one attached hydrogen (secondary N) is 1. The maximum atomic E-state index is 12.2. The Labute approximate surface area is 161 Å². The number of hydrogen-bond donors (Lipinski definition) is 1. The van der Waals surface area contributed by atoms with E-state index in [4.69, 9.17) is 9.47 Å². The summed E-state index contributed by atoms with van der Waals surface area (Å²) < 4.78 is 10.6.